The first-order valence-corrected chi connectivity index (χ1v) is 11.0. The molecule has 32 heavy (non-hydrogen) atoms. The van der Waals surface area contributed by atoms with Gasteiger partial charge in [0.15, 0.2) is 0 Å². The lowest BCUT2D eigenvalue weighted by molar-refractivity contribution is -0.153. The predicted octanol–water partition coefficient (Wildman–Crippen LogP) is 0.661. The molecule has 2 saturated heterocycles. The van der Waals surface area contributed by atoms with Gasteiger partial charge in [0.1, 0.15) is 24.2 Å². The van der Waals surface area contributed by atoms with Gasteiger partial charge in [-0.15, -0.1) is 0 Å². The van der Waals surface area contributed by atoms with E-state index < -0.39 is 35.6 Å². The number of cyclic esters (lactones) is 1. The summed E-state index contributed by atoms with van der Waals surface area (Å²) in [6.07, 6.45) is 6.84. The summed E-state index contributed by atoms with van der Waals surface area (Å²) in [5.41, 5.74) is -0.262. The third-order valence-corrected chi connectivity index (χ3v) is 6.77. The Balaban J connectivity index is 1.55. The first-order valence-electron chi connectivity index (χ1n) is 11.0. The summed E-state index contributed by atoms with van der Waals surface area (Å²) in [5, 5.41) is 9.38. The topological polar surface area (TPSA) is 96.4 Å². The van der Waals surface area contributed by atoms with Crippen molar-refractivity contribution >= 4 is 17.8 Å². The van der Waals surface area contributed by atoms with Crippen molar-refractivity contribution in [1.29, 1.82) is 0 Å². The number of hydrogen-bond donors (Lipinski definition) is 1. The van der Waals surface area contributed by atoms with Crippen LogP contribution in [0.25, 0.3) is 0 Å². The Bertz CT molecular complexity index is 976. The molecule has 8 heteroatoms. The molecule has 2 fully saturated rings. The highest BCUT2D eigenvalue weighted by atomic mass is 16.6. The molecule has 1 N–H and O–H groups in total. The highest BCUT2D eigenvalue weighted by Crippen LogP contribution is 2.53. The van der Waals surface area contributed by atoms with Crippen LogP contribution >= 0.6 is 0 Å². The predicted molar refractivity (Wildman–Crippen MR) is 113 cm³/mol. The molecule has 168 valence electrons. The molecule has 0 saturated carbocycles. The summed E-state index contributed by atoms with van der Waals surface area (Å²) in [5.74, 6) is -2.65. The third-order valence-electron chi connectivity index (χ3n) is 6.77. The fourth-order valence-electron chi connectivity index (χ4n) is 5.44. The van der Waals surface area contributed by atoms with Crippen molar-refractivity contribution in [3.8, 4) is 0 Å². The van der Waals surface area contributed by atoms with Crippen molar-refractivity contribution in [1.82, 2.24) is 9.80 Å². The number of carbonyl (C=O) groups is 3. The molecule has 1 aromatic carbocycles. The number of benzene rings is 1. The first-order chi connectivity index (χ1) is 15.6. The number of carbonyl (C=O) groups excluding carboxylic acids is 3. The molecule has 8 nitrogen and oxygen atoms in total. The van der Waals surface area contributed by atoms with Crippen LogP contribution in [0.2, 0.25) is 0 Å². The SMILES string of the molecule is O=C1OCC=C[C@H]2O[C@]34C=CCN(Cc5ccccc5)C(=O)C3N(CCCO)C(=O)[C@@H]4[C@@H]12. The normalized spacial score (nSPS) is 33.5. The van der Waals surface area contributed by atoms with Crippen molar-refractivity contribution in [2.24, 2.45) is 11.8 Å². The number of ether oxygens (including phenoxy) is 2. The average molecular weight is 438 g/mol. The third kappa shape index (κ3) is 3.17. The molecule has 4 heterocycles. The highest BCUT2D eigenvalue weighted by molar-refractivity contribution is 5.99. The van der Waals surface area contributed by atoms with E-state index in [9.17, 15) is 19.5 Å². The van der Waals surface area contributed by atoms with E-state index in [0.717, 1.165) is 5.56 Å². The summed E-state index contributed by atoms with van der Waals surface area (Å²) >= 11 is 0. The van der Waals surface area contributed by atoms with Crippen LogP contribution in [-0.2, 0) is 30.4 Å². The fraction of sp³-hybridized carbons (Fsp3) is 0.458. The second-order valence-electron chi connectivity index (χ2n) is 8.62. The molecule has 2 amide bonds. The van der Waals surface area contributed by atoms with Crippen molar-refractivity contribution in [3.05, 3.63) is 60.2 Å². The molecular formula is C24H26N2O6. The van der Waals surface area contributed by atoms with Gasteiger partial charge in [-0.05, 0) is 18.1 Å². The minimum Gasteiger partial charge on any atom is -0.461 e. The average Bonchev–Trinajstić information content (AvgIpc) is 3.09. The zero-order valence-electron chi connectivity index (χ0n) is 17.6. The van der Waals surface area contributed by atoms with Crippen molar-refractivity contribution in [2.45, 2.75) is 30.7 Å². The summed E-state index contributed by atoms with van der Waals surface area (Å²) in [7, 11) is 0. The molecule has 1 aromatic rings. The minimum absolute atomic E-state index is 0.108. The van der Waals surface area contributed by atoms with Crippen LogP contribution in [0.4, 0.5) is 0 Å². The lowest BCUT2D eigenvalue weighted by Crippen LogP contribution is -2.55. The van der Waals surface area contributed by atoms with Crippen molar-refractivity contribution in [2.75, 3.05) is 26.3 Å². The Morgan fingerprint density at radius 2 is 1.91 bits per heavy atom. The maximum Gasteiger partial charge on any atom is 0.313 e. The second kappa shape index (κ2) is 8.18. The molecule has 0 radical (unpaired) electrons. The smallest absolute Gasteiger partial charge is 0.313 e. The number of aliphatic hydroxyl groups is 1. The Hall–Kier alpha value is -2.97. The lowest BCUT2D eigenvalue weighted by Gasteiger charge is -2.35. The molecule has 4 aliphatic rings. The summed E-state index contributed by atoms with van der Waals surface area (Å²) in [6.45, 7) is 1.02. The van der Waals surface area contributed by atoms with E-state index in [-0.39, 0.29) is 31.6 Å². The van der Waals surface area contributed by atoms with Gasteiger partial charge in [-0.25, -0.2) is 0 Å². The van der Waals surface area contributed by atoms with Gasteiger partial charge in [0.2, 0.25) is 11.8 Å². The van der Waals surface area contributed by atoms with Gasteiger partial charge in [-0.2, -0.15) is 0 Å². The quantitative estimate of drug-likeness (QED) is 0.536. The minimum atomic E-state index is -1.24. The molecule has 5 rings (SSSR count). The first kappa shape index (κ1) is 20.9. The van der Waals surface area contributed by atoms with Crippen molar-refractivity contribution < 1.29 is 29.0 Å². The van der Waals surface area contributed by atoms with Crippen molar-refractivity contribution in [3.63, 3.8) is 0 Å². The number of esters is 1. The van der Waals surface area contributed by atoms with Gasteiger partial charge >= 0.3 is 5.97 Å². The summed E-state index contributed by atoms with van der Waals surface area (Å²) < 4.78 is 11.7. The van der Waals surface area contributed by atoms with Gasteiger partial charge in [-0.1, -0.05) is 48.6 Å². The zero-order chi connectivity index (χ0) is 22.3. The number of hydrogen-bond acceptors (Lipinski definition) is 6. The number of likely N-dealkylation sites (tertiary alicyclic amines) is 1. The maximum atomic E-state index is 13.9. The van der Waals surface area contributed by atoms with Crippen LogP contribution in [0.1, 0.15) is 12.0 Å². The van der Waals surface area contributed by atoms with E-state index in [0.29, 0.717) is 19.5 Å². The van der Waals surface area contributed by atoms with E-state index in [1.54, 1.807) is 23.1 Å². The Kier molecular flexibility index (Phi) is 5.35. The van der Waals surface area contributed by atoms with E-state index in [2.05, 4.69) is 0 Å². The van der Waals surface area contributed by atoms with Gasteiger partial charge < -0.3 is 24.4 Å². The van der Waals surface area contributed by atoms with Gasteiger partial charge in [-0.3, -0.25) is 14.4 Å². The van der Waals surface area contributed by atoms with E-state index in [1.807, 2.05) is 36.4 Å². The Morgan fingerprint density at radius 1 is 1.09 bits per heavy atom. The van der Waals surface area contributed by atoms with E-state index in [1.165, 1.54) is 4.90 Å². The number of amides is 2. The maximum absolute atomic E-state index is 13.9. The Labute approximate surface area is 186 Å². The molecule has 4 aliphatic heterocycles. The molecular weight excluding hydrogens is 412 g/mol. The molecule has 0 bridgehead atoms. The van der Waals surface area contributed by atoms with Crippen LogP contribution < -0.4 is 0 Å². The molecule has 0 aliphatic carbocycles. The Morgan fingerprint density at radius 3 is 2.69 bits per heavy atom. The van der Waals surface area contributed by atoms with E-state index in [4.69, 9.17) is 9.47 Å². The van der Waals surface area contributed by atoms with Crippen LogP contribution in [0, 0.1) is 11.8 Å². The lowest BCUT2D eigenvalue weighted by atomic mass is 9.78. The van der Waals surface area contributed by atoms with Crippen LogP contribution in [0.15, 0.2) is 54.6 Å². The summed E-state index contributed by atoms with van der Waals surface area (Å²) in [4.78, 5) is 43.5. The monoisotopic (exact) mass is 438 g/mol. The number of aliphatic hydroxyl groups excluding tert-OH is 1. The van der Waals surface area contributed by atoms with Gasteiger partial charge in [0.05, 0.1) is 12.0 Å². The van der Waals surface area contributed by atoms with Crippen LogP contribution in [-0.4, -0.2) is 76.7 Å². The van der Waals surface area contributed by atoms with E-state index >= 15 is 0 Å². The van der Waals surface area contributed by atoms with Gasteiger partial charge in [0, 0.05) is 26.2 Å². The number of nitrogens with zero attached hydrogens (tertiary/aromatic N) is 2. The molecule has 1 unspecified atom stereocenters. The zero-order valence-corrected chi connectivity index (χ0v) is 17.6. The second-order valence-corrected chi connectivity index (χ2v) is 8.62. The van der Waals surface area contributed by atoms with Crippen LogP contribution in [0.3, 0.4) is 0 Å². The molecule has 0 aromatic heterocycles. The largest absolute Gasteiger partial charge is 0.461 e. The molecule has 1 spiro atoms. The highest BCUT2D eigenvalue weighted by Gasteiger charge is 2.71. The standard InChI is InChI=1S/C24H26N2O6/c27-13-6-12-26-20-22(29)25(15-16-7-2-1-3-8-16)11-5-10-24(20)19(21(26)28)18-17(32-24)9-4-14-31-23(18)30/h1-5,7-10,17-20,27H,6,11-15H2/t17-,18+,19+,20?,24+/m1/s1. The van der Waals surface area contributed by atoms with Crippen LogP contribution in [0.5, 0.6) is 0 Å². The fourth-order valence-corrected chi connectivity index (χ4v) is 5.44. The molecule has 5 atom stereocenters. The van der Waals surface area contributed by atoms with Gasteiger partial charge in [0.25, 0.3) is 0 Å². The number of fused-ring (bicyclic) bond motifs is 2. The summed E-state index contributed by atoms with van der Waals surface area (Å²) in [6, 6.07) is 8.76. The number of rotatable bonds is 5.